The molecule has 1 aromatic heterocycles. The van der Waals surface area contributed by atoms with Gasteiger partial charge in [-0.3, -0.25) is 0 Å². The Morgan fingerprint density at radius 1 is 1.24 bits per heavy atom. The van der Waals surface area contributed by atoms with Gasteiger partial charge in [-0.05, 0) is 53.9 Å². The highest BCUT2D eigenvalue weighted by Gasteiger charge is 2.29. The van der Waals surface area contributed by atoms with Crippen molar-refractivity contribution in [2.75, 3.05) is 11.9 Å². The minimum atomic E-state index is -0.892. The number of rotatable bonds is 4. The second-order valence-corrected chi connectivity index (χ2v) is 5.82. The van der Waals surface area contributed by atoms with Crippen LogP contribution in [-0.2, 0) is 0 Å². The number of anilines is 1. The van der Waals surface area contributed by atoms with Gasteiger partial charge in [0.15, 0.2) is 17.5 Å². The molecule has 21 heavy (non-hydrogen) atoms. The predicted molar refractivity (Wildman–Crippen MR) is 81.2 cm³/mol. The average Bonchev–Trinajstić information content (AvgIpc) is 3.29. The van der Waals surface area contributed by atoms with Gasteiger partial charge in [0.1, 0.15) is 5.82 Å². The van der Waals surface area contributed by atoms with Gasteiger partial charge in [0, 0.05) is 18.0 Å². The predicted octanol–water partition coefficient (Wildman–Crippen LogP) is 4.49. The van der Waals surface area contributed by atoms with Crippen molar-refractivity contribution in [1.29, 1.82) is 0 Å². The van der Waals surface area contributed by atoms with Gasteiger partial charge in [0.05, 0.1) is 10.2 Å². The summed E-state index contributed by atoms with van der Waals surface area (Å²) in [6.07, 6.45) is 2.19. The third-order valence-electron chi connectivity index (χ3n) is 3.36. The molecule has 0 amide bonds. The van der Waals surface area contributed by atoms with Gasteiger partial charge in [-0.25, -0.2) is 18.7 Å². The zero-order valence-corrected chi connectivity index (χ0v) is 13.0. The smallest absolute Gasteiger partial charge is 0.161 e. The SMILES string of the molecule is CCNc1nc(-c2ccc(F)c(F)c2)nc(C2CC2)c1Br. The summed E-state index contributed by atoms with van der Waals surface area (Å²) in [5, 5.41) is 3.17. The van der Waals surface area contributed by atoms with E-state index in [1.165, 1.54) is 6.07 Å². The molecule has 1 aliphatic rings. The molecule has 0 aliphatic heterocycles. The maximum Gasteiger partial charge on any atom is 0.161 e. The monoisotopic (exact) mass is 353 g/mol. The van der Waals surface area contributed by atoms with E-state index in [2.05, 4.69) is 31.2 Å². The van der Waals surface area contributed by atoms with Crippen LogP contribution in [0.3, 0.4) is 0 Å². The summed E-state index contributed by atoms with van der Waals surface area (Å²) in [6, 6.07) is 3.72. The van der Waals surface area contributed by atoms with Crippen molar-refractivity contribution in [3.8, 4) is 11.4 Å². The minimum absolute atomic E-state index is 0.412. The molecule has 0 bridgehead atoms. The van der Waals surface area contributed by atoms with Crippen LogP contribution >= 0.6 is 15.9 Å². The second kappa shape index (κ2) is 5.67. The van der Waals surface area contributed by atoms with E-state index in [-0.39, 0.29) is 0 Å². The maximum absolute atomic E-state index is 13.4. The molecule has 1 heterocycles. The molecule has 110 valence electrons. The van der Waals surface area contributed by atoms with Crippen molar-refractivity contribution in [2.45, 2.75) is 25.7 Å². The second-order valence-electron chi connectivity index (χ2n) is 5.03. The molecule has 2 aromatic rings. The van der Waals surface area contributed by atoms with Crippen LogP contribution in [-0.4, -0.2) is 16.5 Å². The van der Waals surface area contributed by atoms with E-state index in [1.807, 2.05) is 6.92 Å². The zero-order chi connectivity index (χ0) is 15.0. The first kappa shape index (κ1) is 14.4. The van der Waals surface area contributed by atoms with Gasteiger partial charge in [0.25, 0.3) is 0 Å². The molecule has 1 saturated carbocycles. The Labute approximate surface area is 129 Å². The Bertz CT molecular complexity index is 687. The highest BCUT2D eigenvalue weighted by atomic mass is 79.9. The van der Waals surface area contributed by atoms with E-state index in [0.717, 1.165) is 41.7 Å². The van der Waals surface area contributed by atoms with Crippen molar-refractivity contribution in [1.82, 2.24) is 9.97 Å². The number of hydrogen-bond acceptors (Lipinski definition) is 3. The van der Waals surface area contributed by atoms with Crippen LogP contribution in [0.25, 0.3) is 11.4 Å². The molecule has 6 heteroatoms. The first-order valence-electron chi connectivity index (χ1n) is 6.87. The summed E-state index contributed by atoms with van der Waals surface area (Å²) in [4.78, 5) is 8.95. The Balaban J connectivity index is 2.10. The van der Waals surface area contributed by atoms with Crippen LogP contribution in [0.15, 0.2) is 22.7 Å². The fourth-order valence-corrected chi connectivity index (χ4v) is 2.78. The molecule has 1 fully saturated rings. The highest BCUT2D eigenvalue weighted by Crippen LogP contribution is 2.44. The lowest BCUT2D eigenvalue weighted by atomic mass is 10.2. The maximum atomic E-state index is 13.4. The quantitative estimate of drug-likeness (QED) is 0.879. The molecule has 3 nitrogen and oxygen atoms in total. The van der Waals surface area contributed by atoms with Gasteiger partial charge in [-0.2, -0.15) is 0 Å². The van der Waals surface area contributed by atoms with E-state index in [1.54, 1.807) is 0 Å². The molecular weight excluding hydrogens is 340 g/mol. The molecule has 1 N–H and O–H groups in total. The lowest BCUT2D eigenvalue weighted by Gasteiger charge is -2.12. The van der Waals surface area contributed by atoms with Crippen LogP contribution in [0.5, 0.6) is 0 Å². The molecule has 0 radical (unpaired) electrons. The van der Waals surface area contributed by atoms with Gasteiger partial charge < -0.3 is 5.32 Å². The molecule has 0 saturated heterocycles. The number of hydrogen-bond donors (Lipinski definition) is 1. The number of nitrogens with one attached hydrogen (secondary N) is 1. The Kier molecular flexibility index (Phi) is 3.89. The first-order chi connectivity index (χ1) is 10.1. The summed E-state index contributed by atoms with van der Waals surface area (Å²) in [7, 11) is 0. The standard InChI is InChI=1S/C15H14BrF2N3/c1-2-19-15-12(16)13(8-3-4-8)20-14(21-15)9-5-6-10(17)11(18)7-9/h5-8H,2-4H2,1H3,(H,19,20,21). The van der Waals surface area contributed by atoms with E-state index in [4.69, 9.17) is 0 Å². The van der Waals surface area contributed by atoms with E-state index in [9.17, 15) is 8.78 Å². The van der Waals surface area contributed by atoms with Crippen LogP contribution in [0, 0.1) is 11.6 Å². The van der Waals surface area contributed by atoms with Crippen molar-refractivity contribution in [3.05, 3.63) is 40.0 Å². The van der Waals surface area contributed by atoms with Crippen LogP contribution < -0.4 is 5.32 Å². The fraction of sp³-hybridized carbons (Fsp3) is 0.333. The van der Waals surface area contributed by atoms with Crippen molar-refractivity contribution in [2.24, 2.45) is 0 Å². The van der Waals surface area contributed by atoms with E-state index in [0.29, 0.717) is 23.1 Å². The van der Waals surface area contributed by atoms with Crippen LogP contribution in [0.1, 0.15) is 31.4 Å². The van der Waals surface area contributed by atoms with Gasteiger partial charge in [-0.1, -0.05) is 0 Å². The summed E-state index contributed by atoms with van der Waals surface area (Å²) in [5.41, 5.74) is 1.41. The minimum Gasteiger partial charge on any atom is -0.369 e. The fourth-order valence-electron chi connectivity index (χ4n) is 2.14. The molecule has 1 aromatic carbocycles. The Hall–Kier alpha value is -1.56. The third-order valence-corrected chi connectivity index (χ3v) is 4.14. The molecular formula is C15H14BrF2N3. The van der Waals surface area contributed by atoms with Crippen molar-refractivity contribution >= 4 is 21.7 Å². The average molecular weight is 354 g/mol. The third kappa shape index (κ3) is 2.90. The largest absolute Gasteiger partial charge is 0.369 e. The highest BCUT2D eigenvalue weighted by molar-refractivity contribution is 9.10. The number of nitrogens with zero attached hydrogens (tertiary/aromatic N) is 2. The lowest BCUT2D eigenvalue weighted by Crippen LogP contribution is -2.06. The van der Waals surface area contributed by atoms with Crippen molar-refractivity contribution < 1.29 is 8.78 Å². The molecule has 1 aliphatic carbocycles. The lowest BCUT2D eigenvalue weighted by molar-refractivity contribution is 0.509. The van der Waals surface area contributed by atoms with Crippen LogP contribution in [0.4, 0.5) is 14.6 Å². The molecule has 0 spiro atoms. The summed E-state index contributed by atoms with van der Waals surface area (Å²) in [5.74, 6) is -0.241. The molecule has 0 atom stereocenters. The summed E-state index contributed by atoms with van der Waals surface area (Å²) in [6.45, 7) is 2.69. The molecule has 3 rings (SSSR count). The van der Waals surface area contributed by atoms with Crippen LogP contribution in [0.2, 0.25) is 0 Å². The summed E-state index contributed by atoms with van der Waals surface area (Å²) >= 11 is 3.53. The topological polar surface area (TPSA) is 37.8 Å². The normalized spacial score (nSPS) is 14.3. The van der Waals surface area contributed by atoms with E-state index < -0.39 is 11.6 Å². The first-order valence-corrected chi connectivity index (χ1v) is 7.66. The Morgan fingerprint density at radius 3 is 2.62 bits per heavy atom. The van der Waals surface area contributed by atoms with Gasteiger partial charge >= 0.3 is 0 Å². The van der Waals surface area contributed by atoms with Crippen molar-refractivity contribution in [3.63, 3.8) is 0 Å². The van der Waals surface area contributed by atoms with E-state index >= 15 is 0 Å². The number of halogens is 3. The zero-order valence-electron chi connectivity index (χ0n) is 11.5. The van der Waals surface area contributed by atoms with Gasteiger partial charge in [0.2, 0.25) is 0 Å². The summed E-state index contributed by atoms with van der Waals surface area (Å²) < 4.78 is 27.3. The Morgan fingerprint density at radius 2 is 2.00 bits per heavy atom. The number of benzene rings is 1. The number of aromatic nitrogens is 2. The van der Waals surface area contributed by atoms with Gasteiger partial charge in [-0.15, -0.1) is 0 Å². The molecule has 0 unspecified atom stereocenters.